The zero-order valence-corrected chi connectivity index (χ0v) is 8.54. The third-order valence-electron chi connectivity index (χ3n) is 1.92. The molecule has 2 rings (SSSR count). The van der Waals surface area contributed by atoms with Gasteiger partial charge in [-0.05, 0) is 19.1 Å². The van der Waals surface area contributed by atoms with Crippen molar-refractivity contribution in [3.8, 4) is 6.07 Å². The Labute approximate surface area is 91.1 Å². The smallest absolute Gasteiger partial charge is 0.378 e. The number of fused-ring (bicyclic) bond motifs is 1. The Balaban J connectivity index is 2.44. The Bertz CT molecular complexity index is 582. The molecule has 0 saturated carbocycles. The van der Waals surface area contributed by atoms with Gasteiger partial charge in [-0.2, -0.15) is 5.26 Å². The van der Waals surface area contributed by atoms with Crippen LogP contribution in [0.2, 0.25) is 0 Å². The van der Waals surface area contributed by atoms with Crippen molar-refractivity contribution in [2.24, 2.45) is 0 Å². The first-order valence-corrected chi connectivity index (χ1v) is 4.68. The minimum absolute atomic E-state index is 0.00283. The monoisotopic (exact) mass is 216 g/mol. The van der Waals surface area contributed by atoms with Crippen molar-refractivity contribution in [3.05, 3.63) is 29.7 Å². The van der Waals surface area contributed by atoms with Crippen LogP contribution in [0.5, 0.6) is 0 Å². The van der Waals surface area contributed by atoms with E-state index >= 15 is 0 Å². The fourth-order valence-corrected chi connectivity index (χ4v) is 1.23. The maximum absolute atomic E-state index is 11.3. The van der Waals surface area contributed by atoms with E-state index in [1.807, 2.05) is 6.07 Å². The van der Waals surface area contributed by atoms with E-state index in [0.717, 1.165) is 0 Å². The van der Waals surface area contributed by atoms with Crippen LogP contribution in [0.25, 0.3) is 5.65 Å². The Morgan fingerprint density at radius 1 is 1.62 bits per heavy atom. The number of carbonyl (C=O) groups is 1. The second kappa shape index (κ2) is 3.98. The molecular formula is C10H8N4O2. The molecule has 0 aliphatic heterocycles. The van der Waals surface area contributed by atoms with Crippen molar-refractivity contribution in [2.45, 2.75) is 6.92 Å². The van der Waals surface area contributed by atoms with Crippen LogP contribution in [0.4, 0.5) is 0 Å². The molecule has 0 spiro atoms. The first-order chi connectivity index (χ1) is 7.74. The van der Waals surface area contributed by atoms with Crippen LogP contribution in [0.3, 0.4) is 0 Å². The molecule has 0 radical (unpaired) electrons. The average Bonchev–Trinajstić information content (AvgIpc) is 2.71. The van der Waals surface area contributed by atoms with E-state index in [1.165, 1.54) is 10.7 Å². The van der Waals surface area contributed by atoms with E-state index in [-0.39, 0.29) is 12.4 Å². The van der Waals surface area contributed by atoms with Gasteiger partial charge in [0.05, 0.1) is 12.2 Å². The fraction of sp³-hybridized carbons (Fsp3) is 0.200. The number of hydrogen-bond donors (Lipinski definition) is 0. The van der Waals surface area contributed by atoms with Gasteiger partial charge in [-0.15, -0.1) is 5.10 Å². The molecule has 2 heterocycles. The van der Waals surface area contributed by atoms with E-state index in [9.17, 15) is 4.79 Å². The summed E-state index contributed by atoms with van der Waals surface area (Å²) in [5, 5.41) is 12.6. The quantitative estimate of drug-likeness (QED) is 0.693. The number of ether oxygens (including phenoxy) is 1. The van der Waals surface area contributed by atoms with E-state index in [0.29, 0.717) is 11.2 Å². The molecule has 0 bridgehead atoms. The van der Waals surface area contributed by atoms with Crippen LogP contribution in [-0.2, 0) is 4.74 Å². The van der Waals surface area contributed by atoms with Gasteiger partial charge in [-0.3, -0.25) is 0 Å². The van der Waals surface area contributed by atoms with Crippen LogP contribution in [0.1, 0.15) is 23.1 Å². The lowest BCUT2D eigenvalue weighted by molar-refractivity contribution is 0.0512. The van der Waals surface area contributed by atoms with Gasteiger partial charge in [0.15, 0.2) is 5.65 Å². The summed E-state index contributed by atoms with van der Waals surface area (Å²) in [6, 6.07) is 5.21. The number of carbonyl (C=O) groups excluding carboxylic acids is 1. The predicted molar refractivity (Wildman–Crippen MR) is 53.7 cm³/mol. The molecule has 0 aliphatic rings. The number of nitrogens with zero attached hydrogens (tertiary/aromatic N) is 4. The SMILES string of the molecule is CCOC(=O)c1nc2ccc(C#N)cn2n1. The average molecular weight is 216 g/mol. The van der Waals surface area contributed by atoms with Gasteiger partial charge >= 0.3 is 5.97 Å². The summed E-state index contributed by atoms with van der Waals surface area (Å²) >= 11 is 0. The number of hydrogen-bond acceptors (Lipinski definition) is 5. The maximum Gasteiger partial charge on any atom is 0.378 e. The lowest BCUT2D eigenvalue weighted by atomic mass is 10.3. The van der Waals surface area contributed by atoms with E-state index in [1.54, 1.807) is 19.1 Å². The molecule has 2 aromatic heterocycles. The molecule has 0 aliphatic carbocycles. The lowest BCUT2D eigenvalue weighted by Gasteiger charge is -1.93. The summed E-state index contributed by atoms with van der Waals surface area (Å²) in [6.07, 6.45) is 1.51. The normalized spacial score (nSPS) is 10.0. The highest BCUT2D eigenvalue weighted by Crippen LogP contribution is 2.04. The summed E-state index contributed by atoms with van der Waals surface area (Å²) < 4.78 is 6.15. The maximum atomic E-state index is 11.3. The molecule has 80 valence electrons. The van der Waals surface area contributed by atoms with Crippen LogP contribution in [-0.4, -0.2) is 27.2 Å². The first-order valence-electron chi connectivity index (χ1n) is 4.68. The molecule has 0 atom stereocenters. The van der Waals surface area contributed by atoms with Crippen molar-refractivity contribution in [3.63, 3.8) is 0 Å². The van der Waals surface area contributed by atoms with Gasteiger partial charge < -0.3 is 4.74 Å². The molecule has 0 aromatic carbocycles. The third-order valence-corrected chi connectivity index (χ3v) is 1.92. The van der Waals surface area contributed by atoms with Crippen molar-refractivity contribution >= 4 is 11.6 Å². The topological polar surface area (TPSA) is 80.3 Å². The standard InChI is InChI=1S/C10H8N4O2/c1-2-16-10(15)9-12-8-4-3-7(5-11)6-14(8)13-9/h3-4,6H,2H2,1H3. The molecule has 0 fully saturated rings. The minimum Gasteiger partial charge on any atom is -0.460 e. The van der Waals surface area contributed by atoms with Crippen LogP contribution < -0.4 is 0 Å². The predicted octanol–water partition coefficient (Wildman–Crippen LogP) is 0.778. The fourth-order valence-electron chi connectivity index (χ4n) is 1.23. The van der Waals surface area contributed by atoms with Gasteiger partial charge in [0.25, 0.3) is 5.82 Å². The van der Waals surface area contributed by atoms with Crippen molar-refractivity contribution in [1.82, 2.24) is 14.6 Å². The Kier molecular flexibility index (Phi) is 2.52. The second-order valence-electron chi connectivity index (χ2n) is 2.99. The molecule has 6 nitrogen and oxygen atoms in total. The molecular weight excluding hydrogens is 208 g/mol. The molecule has 0 amide bonds. The number of esters is 1. The van der Waals surface area contributed by atoms with E-state index in [4.69, 9.17) is 10.00 Å². The van der Waals surface area contributed by atoms with Gasteiger partial charge in [0.1, 0.15) is 6.07 Å². The lowest BCUT2D eigenvalue weighted by Crippen LogP contribution is -2.06. The Hall–Kier alpha value is -2.42. The third kappa shape index (κ3) is 1.70. The highest BCUT2D eigenvalue weighted by atomic mass is 16.5. The highest BCUT2D eigenvalue weighted by molar-refractivity contribution is 5.85. The summed E-state index contributed by atoms with van der Waals surface area (Å²) in [7, 11) is 0. The molecule has 16 heavy (non-hydrogen) atoms. The highest BCUT2D eigenvalue weighted by Gasteiger charge is 2.13. The molecule has 0 N–H and O–H groups in total. The number of rotatable bonds is 2. The molecule has 0 unspecified atom stereocenters. The van der Waals surface area contributed by atoms with Crippen molar-refractivity contribution < 1.29 is 9.53 Å². The van der Waals surface area contributed by atoms with E-state index in [2.05, 4.69) is 10.1 Å². The summed E-state index contributed by atoms with van der Waals surface area (Å²) in [5.74, 6) is -0.568. The second-order valence-corrected chi connectivity index (χ2v) is 2.99. The summed E-state index contributed by atoms with van der Waals surface area (Å²) in [4.78, 5) is 15.3. The Morgan fingerprint density at radius 2 is 2.44 bits per heavy atom. The van der Waals surface area contributed by atoms with E-state index < -0.39 is 5.97 Å². The molecule has 0 saturated heterocycles. The van der Waals surface area contributed by atoms with Gasteiger partial charge in [-0.25, -0.2) is 14.3 Å². The number of nitriles is 1. The molecule has 2 aromatic rings. The van der Waals surface area contributed by atoms with Crippen LogP contribution >= 0.6 is 0 Å². The Morgan fingerprint density at radius 3 is 3.12 bits per heavy atom. The summed E-state index contributed by atoms with van der Waals surface area (Å²) in [5.41, 5.74) is 0.954. The van der Waals surface area contributed by atoms with Crippen LogP contribution in [0, 0.1) is 11.3 Å². The van der Waals surface area contributed by atoms with Crippen LogP contribution in [0.15, 0.2) is 18.3 Å². The van der Waals surface area contributed by atoms with Crippen molar-refractivity contribution in [1.29, 1.82) is 5.26 Å². The largest absolute Gasteiger partial charge is 0.460 e. The van der Waals surface area contributed by atoms with Gasteiger partial charge in [0.2, 0.25) is 0 Å². The zero-order chi connectivity index (χ0) is 11.5. The summed E-state index contributed by atoms with van der Waals surface area (Å²) in [6.45, 7) is 1.99. The molecule has 6 heteroatoms. The first kappa shape index (κ1) is 10.1. The number of pyridine rings is 1. The number of aromatic nitrogens is 3. The van der Waals surface area contributed by atoms with Gasteiger partial charge in [0, 0.05) is 6.20 Å². The zero-order valence-electron chi connectivity index (χ0n) is 8.54. The van der Waals surface area contributed by atoms with Gasteiger partial charge in [-0.1, -0.05) is 0 Å². The van der Waals surface area contributed by atoms with Crippen molar-refractivity contribution in [2.75, 3.05) is 6.61 Å². The minimum atomic E-state index is -0.565.